The standard InChI is InChI=1S/2CHF3O3S.Ni/c2*2-1(3,4)8(5,6)7;/h2*(H,5,6,7);. The molecule has 2 N–H and O–H groups in total. The minimum absolute atomic E-state index is 0. The molecule has 0 aromatic heterocycles. The maximum Gasteiger partial charge on any atom is 0.522 e. The van der Waals surface area contributed by atoms with Gasteiger partial charge in [-0.15, -0.1) is 0 Å². The Morgan fingerprint density at radius 2 is 0.706 bits per heavy atom. The summed E-state index contributed by atoms with van der Waals surface area (Å²) < 4.78 is 115. The van der Waals surface area contributed by atoms with E-state index in [1.54, 1.807) is 0 Å². The van der Waals surface area contributed by atoms with Crippen molar-refractivity contribution in [2.24, 2.45) is 0 Å². The smallest absolute Gasteiger partial charge is 0.279 e. The first-order valence-electron chi connectivity index (χ1n) is 2.57. The summed E-state index contributed by atoms with van der Waals surface area (Å²) in [6.45, 7) is 0. The first-order chi connectivity index (χ1) is 6.50. The zero-order valence-corrected chi connectivity index (χ0v) is 9.55. The van der Waals surface area contributed by atoms with Crippen LogP contribution in [0, 0.1) is 0 Å². The van der Waals surface area contributed by atoms with Crippen LogP contribution in [0.2, 0.25) is 0 Å². The van der Waals surface area contributed by atoms with Crippen LogP contribution in [0.15, 0.2) is 0 Å². The van der Waals surface area contributed by atoms with E-state index in [4.69, 9.17) is 25.9 Å². The van der Waals surface area contributed by atoms with E-state index in [1.807, 2.05) is 0 Å². The fourth-order valence-electron chi connectivity index (χ4n) is 0. The van der Waals surface area contributed by atoms with Crippen LogP contribution in [-0.2, 0) is 36.7 Å². The van der Waals surface area contributed by atoms with Gasteiger partial charge in [-0.1, -0.05) is 0 Å². The van der Waals surface area contributed by atoms with Crippen molar-refractivity contribution in [3.8, 4) is 0 Å². The average molecular weight is 359 g/mol. The van der Waals surface area contributed by atoms with E-state index in [-0.39, 0.29) is 16.5 Å². The number of hydrogen-bond donors (Lipinski definition) is 2. The van der Waals surface area contributed by atoms with Gasteiger partial charge in [0.25, 0.3) is 0 Å². The summed E-state index contributed by atoms with van der Waals surface area (Å²) in [5.74, 6) is 0. The van der Waals surface area contributed by atoms with Crippen LogP contribution in [0.3, 0.4) is 0 Å². The van der Waals surface area contributed by atoms with Gasteiger partial charge in [-0.05, 0) is 0 Å². The predicted octanol–water partition coefficient (Wildman–Crippen LogP) is 0.786. The van der Waals surface area contributed by atoms with Crippen molar-refractivity contribution in [3.63, 3.8) is 0 Å². The summed E-state index contributed by atoms with van der Waals surface area (Å²) in [6.07, 6.45) is 0. The third-order valence-electron chi connectivity index (χ3n) is 0.585. The van der Waals surface area contributed by atoms with Gasteiger partial charge in [-0.3, -0.25) is 9.11 Å². The third kappa shape index (κ3) is 9.58. The van der Waals surface area contributed by atoms with Crippen LogP contribution in [0.1, 0.15) is 0 Å². The third-order valence-corrected chi connectivity index (χ3v) is 1.75. The van der Waals surface area contributed by atoms with Gasteiger partial charge in [0.1, 0.15) is 0 Å². The molecule has 0 rings (SSSR count). The molecule has 0 fully saturated rings. The summed E-state index contributed by atoms with van der Waals surface area (Å²) in [5, 5.41) is 0. The zero-order chi connectivity index (χ0) is 14.0. The predicted molar refractivity (Wildman–Crippen MR) is 35.2 cm³/mol. The van der Waals surface area contributed by atoms with Gasteiger partial charge in [-0.25, -0.2) is 0 Å². The molecule has 0 bridgehead atoms. The summed E-state index contributed by atoms with van der Waals surface area (Å²) in [6, 6.07) is 0. The Kier molecular flexibility index (Phi) is 8.03. The molecule has 17 heavy (non-hydrogen) atoms. The second-order valence-electron chi connectivity index (χ2n) is 1.84. The number of rotatable bonds is 0. The molecule has 0 saturated heterocycles. The van der Waals surface area contributed by atoms with E-state index in [0.717, 1.165) is 0 Å². The quantitative estimate of drug-likeness (QED) is 0.287. The zero-order valence-electron chi connectivity index (χ0n) is 6.93. The van der Waals surface area contributed by atoms with Gasteiger partial charge in [0, 0.05) is 16.5 Å². The van der Waals surface area contributed by atoms with Crippen LogP contribution in [0.4, 0.5) is 26.3 Å². The Bertz CT molecular complexity index is 374. The molecule has 0 amide bonds. The first-order valence-corrected chi connectivity index (χ1v) is 5.45. The van der Waals surface area contributed by atoms with Crippen LogP contribution in [-0.4, -0.2) is 37.0 Å². The van der Waals surface area contributed by atoms with E-state index in [9.17, 15) is 26.3 Å². The fourth-order valence-corrected chi connectivity index (χ4v) is 0. The molecule has 0 aliphatic heterocycles. The van der Waals surface area contributed by atoms with E-state index >= 15 is 0 Å². The largest absolute Gasteiger partial charge is 0.522 e. The topological polar surface area (TPSA) is 109 Å². The SMILES string of the molecule is O=S(=O)(O)C(F)(F)F.O=S(=O)(O)C(F)(F)F.[Ni]. The maximum absolute atomic E-state index is 10.7. The van der Waals surface area contributed by atoms with E-state index < -0.39 is 31.3 Å². The van der Waals surface area contributed by atoms with Crippen molar-refractivity contribution in [2.45, 2.75) is 11.0 Å². The van der Waals surface area contributed by atoms with Crippen molar-refractivity contribution < 1.29 is 68.8 Å². The van der Waals surface area contributed by atoms with Gasteiger partial charge in [0.05, 0.1) is 0 Å². The number of halogens is 6. The molecular formula is C2H2F6NiO6S2. The van der Waals surface area contributed by atoms with Crippen LogP contribution < -0.4 is 0 Å². The van der Waals surface area contributed by atoms with Crippen LogP contribution >= 0.6 is 0 Å². The summed E-state index contributed by atoms with van der Waals surface area (Å²) >= 11 is 0. The Morgan fingerprint density at radius 3 is 0.706 bits per heavy atom. The Labute approximate surface area is 100 Å². The van der Waals surface area contributed by atoms with E-state index in [1.165, 1.54) is 0 Å². The minimum atomic E-state index is -5.84. The van der Waals surface area contributed by atoms with Gasteiger partial charge in [-0.2, -0.15) is 43.2 Å². The van der Waals surface area contributed by atoms with Gasteiger partial charge in [0.15, 0.2) is 0 Å². The Hall–Kier alpha value is -0.106. The molecule has 0 aromatic rings. The van der Waals surface area contributed by atoms with Crippen molar-refractivity contribution in [2.75, 3.05) is 0 Å². The van der Waals surface area contributed by atoms with Crippen molar-refractivity contribution in [1.29, 1.82) is 0 Å². The number of alkyl halides is 6. The van der Waals surface area contributed by atoms with Crippen LogP contribution in [0.5, 0.6) is 0 Å². The molecule has 0 heterocycles. The van der Waals surface area contributed by atoms with Gasteiger partial charge >= 0.3 is 31.3 Å². The molecule has 0 spiro atoms. The number of hydrogen-bond acceptors (Lipinski definition) is 4. The van der Waals surface area contributed by atoms with Crippen LogP contribution in [0.25, 0.3) is 0 Å². The van der Waals surface area contributed by atoms with Gasteiger partial charge < -0.3 is 0 Å². The molecule has 15 heteroatoms. The molecule has 6 nitrogen and oxygen atoms in total. The summed E-state index contributed by atoms with van der Waals surface area (Å²) in [5.41, 5.74) is -11.1. The summed E-state index contributed by atoms with van der Waals surface area (Å²) in [4.78, 5) is 0. The Morgan fingerprint density at radius 1 is 0.647 bits per heavy atom. The Balaban J connectivity index is -0.000000218. The molecular weight excluding hydrogens is 357 g/mol. The maximum atomic E-state index is 10.7. The normalized spacial score (nSPS) is 13.2. The summed E-state index contributed by atoms with van der Waals surface area (Å²) in [7, 11) is -11.7. The average Bonchev–Trinajstić information content (AvgIpc) is 1.77. The van der Waals surface area contributed by atoms with Crippen molar-refractivity contribution in [1.82, 2.24) is 0 Å². The van der Waals surface area contributed by atoms with E-state index in [0.29, 0.717) is 0 Å². The van der Waals surface area contributed by atoms with Crippen molar-refractivity contribution >= 4 is 20.2 Å². The monoisotopic (exact) mass is 358 g/mol. The van der Waals surface area contributed by atoms with E-state index in [2.05, 4.69) is 0 Å². The van der Waals surface area contributed by atoms with Gasteiger partial charge in [0.2, 0.25) is 0 Å². The molecule has 0 aromatic carbocycles. The molecule has 110 valence electrons. The molecule has 0 unspecified atom stereocenters. The molecule has 0 saturated carbocycles. The fraction of sp³-hybridized carbons (Fsp3) is 1.00. The van der Waals surface area contributed by atoms with Crippen molar-refractivity contribution in [3.05, 3.63) is 0 Å². The molecule has 0 atom stereocenters. The molecule has 0 aliphatic rings. The second-order valence-corrected chi connectivity index (χ2v) is 4.67. The second kappa shape index (κ2) is 6.18. The minimum Gasteiger partial charge on any atom is -0.279 e. The first kappa shape index (κ1) is 22.1. The molecule has 0 aliphatic carbocycles. The molecule has 0 radical (unpaired) electrons.